The van der Waals surface area contributed by atoms with Crippen LogP contribution in [0.5, 0.6) is 5.75 Å². The Morgan fingerprint density at radius 2 is 1.86 bits per heavy atom. The fraction of sp³-hybridized carbons (Fsp3) is 0.304. The van der Waals surface area contributed by atoms with Crippen LogP contribution in [-0.2, 0) is 11.2 Å². The average Bonchev–Trinajstić information content (AvgIpc) is 2.98. The van der Waals surface area contributed by atoms with E-state index in [2.05, 4.69) is 6.92 Å². The Morgan fingerprint density at radius 1 is 1.17 bits per heavy atom. The molecule has 1 atom stereocenters. The van der Waals surface area contributed by atoms with Crippen LogP contribution < -0.4 is 4.74 Å². The Bertz CT molecular complexity index is 1060. The standard InChI is InChI=1S/C23H24ClNO3S/c1-5-14(2)29-22(26)13-19-15(3)25(21-11-10-18(28-4)12-20(19)21)23(27)16-6-8-17(24)9-7-16/h6-12,14H,5,13H2,1-4H3. The number of hydrogen-bond donors (Lipinski definition) is 0. The summed E-state index contributed by atoms with van der Waals surface area (Å²) in [6.07, 6.45) is 1.20. The third-order valence-electron chi connectivity index (χ3n) is 5.06. The summed E-state index contributed by atoms with van der Waals surface area (Å²) >= 11 is 7.32. The van der Waals surface area contributed by atoms with E-state index in [1.54, 1.807) is 35.9 Å². The number of thioether (sulfide) groups is 1. The first-order valence-corrected chi connectivity index (χ1v) is 10.8. The second-order valence-corrected chi connectivity index (χ2v) is 8.91. The van der Waals surface area contributed by atoms with Gasteiger partial charge in [-0.2, -0.15) is 0 Å². The Kier molecular flexibility index (Phi) is 6.70. The summed E-state index contributed by atoms with van der Waals surface area (Å²) in [6, 6.07) is 12.4. The van der Waals surface area contributed by atoms with Gasteiger partial charge in [-0.05, 0) is 61.4 Å². The number of carbonyl (C=O) groups excluding carboxylic acids is 2. The summed E-state index contributed by atoms with van der Waals surface area (Å²) in [6.45, 7) is 6.00. The van der Waals surface area contributed by atoms with Gasteiger partial charge >= 0.3 is 0 Å². The number of benzene rings is 2. The highest BCUT2D eigenvalue weighted by atomic mass is 35.5. The molecule has 0 radical (unpaired) electrons. The average molecular weight is 430 g/mol. The molecule has 1 unspecified atom stereocenters. The lowest BCUT2D eigenvalue weighted by atomic mass is 10.1. The van der Waals surface area contributed by atoms with Crippen molar-refractivity contribution < 1.29 is 14.3 Å². The molecule has 29 heavy (non-hydrogen) atoms. The van der Waals surface area contributed by atoms with Crippen LogP contribution in [0.3, 0.4) is 0 Å². The van der Waals surface area contributed by atoms with Crippen LogP contribution in [0.25, 0.3) is 10.9 Å². The summed E-state index contributed by atoms with van der Waals surface area (Å²) in [4.78, 5) is 25.9. The van der Waals surface area contributed by atoms with Gasteiger partial charge in [0.05, 0.1) is 12.6 Å². The zero-order valence-corrected chi connectivity index (χ0v) is 18.6. The third kappa shape index (κ3) is 4.51. The fourth-order valence-electron chi connectivity index (χ4n) is 3.29. The first kappa shape index (κ1) is 21.5. The van der Waals surface area contributed by atoms with Crippen molar-refractivity contribution in [2.75, 3.05) is 7.11 Å². The molecule has 1 heterocycles. The van der Waals surface area contributed by atoms with Crippen molar-refractivity contribution in [2.45, 2.75) is 38.9 Å². The Labute approximate surface area is 180 Å². The molecule has 152 valence electrons. The van der Waals surface area contributed by atoms with Crippen LogP contribution in [0, 0.1) is 6.92 Å². The first-order chi connectivity index (χ1) is 13.8. The van der Waals surface area contributed by atoms with Gasteiger partial charge in [-0.25, -0.2) is 0 Å². The minimum atomic E-state index is -0.150. The Hall–Kier alpha value is -2.24. The molecule has 0 bridgehead atoms. The van der Waals surface area contributed by atoms with Crippen LogP contribution in [0.15, 0.2) is 42.5 Å². The van der Waals surface area contributed by atoms with Gasteiger partial charge in [-0.15, -0.1) is 0 Å². The number of aromatic nitrogens is 1. The summed E-state index contributed by atoms with van der Waals surface area (Å²) < 4.78 is 7.05. The van der Waals surface area contributed by atoms with Crippen molar-refractivity contribution in [1.29, 1.82) is 0 Å². The third-order valence-corrected chi connectivity index (χ3v) is 6.46. The van der Waals surface area contributed by atoms with Crippen molar-refractivity contribution in [3.05, 3.63) is 64.3 Å². The number of carbonyl (C=O) groups is 2. The van der Waals surface area contributed by atoms with E-state index in [9.17, 15) is 9.59 Å². The van der Waals surface area contributed by atoms with E-state index >= 15 is 0 Å². The lowest BCUT2D eigenvalue weighted by Crippen LogP contribution is -2.14. The van der Waals surface area contributed by atoms with E-state index in [0.717, 1.165) is 28.6 Å². The molecule has 6 heteroatoms. The van der Waals surface area contributed by atoms with E-state index in [1.165, 1.54) is 11.8 Å². The van der Waals surface area contributed by atoms with E-state index in [0.29, 0.717) is 16.3 Å². The van der Waals surface area contributed by atoms with E-state index < -0.39 is 0 Å². The number of fused-ring (bicyclic) bond motifs is 1. The number of hydrogen-bond acceptors (Lipinski definition) is 4. The summed E-state index contributed by atoms with van der Waals surface area (Å²) in [5.74, 6) is 0.541. The lowest BCUT2D eigenvalue weighted by molar-refractivity contribution is -0.110. The number of nitrogens with zero attached hydrogens (tertiary/aromatic N) is 1. The molecular formula is C23H24ClNO3S. The van der Waals surface area contributed by atoms with Crippen molar-refractivity contribution in [2.24, 2.45) is 0 Å². The van der Waals surface area contributed by atoms with Gasteiger partial charge in [0.15, 0.2) is 5.12 Å². The second-order valence-electron chi connectivity index (χ2n) is 6.98. The maximum Gasteiger partial charge on any atom is 0.262 e. The molecule has 0 amide bonds. The quantitative estimate of drug-likeness (QED) is 0.489. The van der Waals surface area contributed by atoms with Crippen LogP contribution in [-0.4, -0.2) is 27.9 Å². The highest BCUT2D eigenvalue weighted by Gasteiger charge is 2.22. The summed E-state index contributed by atoms with van der Waals surface area (Å²) in [7, 11) is 1.60. The number of ether oxygens (including phenoxy) is 1. The molecule has 4 nitrogen and oxygen atoms in total. The molecular weight excluding hydrogens is 406 g/mol. The van der Waals surface area contributed by atoms with Gasteiger partial charge in [0.1, 0.15) is 5.75 Å². The minimum absolute atomic E-state index is 0.100. The molecule has 0 aliphatic heterocycles. The van der Waals surface area contributed by atoms with Crippen LogP contribution in [0.1, 0.15) is 41.9 Å². The van der Waals surface area contributed by atoms with Gasteiger partial charge < -0.3 is 4.74 Å². The zero-order valence-electron chi connectivity index (χ0n) is 17.0. The molecule has 0 spiro atoms. The highest BCUT2D eigenvalue weighted by molar-refractivity contribution is 8.14. The Balaban J connectivity index is 2.10. The molecule has 3 rings (SSSR count). The molecule has 0 N–H and O–H groups in total. The minimum Gasteiger partial charge on any atom is -0.497 e. The van der Waals surface area contributed by atoms with Gasteiger partial charge in [-0.1, -0.05) is 37.2 Å². The lowest BCUT2D eigenvalue weighted by Gasteiger charge is -2.09. The second kappa shape index (κ2) is 9.06. The normalized spacial score (nSPS) is 12.2. The Morgan fingerprint density at radius 3 is 2.48 bits per heavy atom. The van der Waals surface area contributed by atoms with E-state index in [-0.39, 0.29) is 22.7 Å². The SMILES string of the molecule is CCC(C)SC(=O)Cc1c(C)n(C(=O)c2ccc(Cl)cc2)c2ccc(OC)cc12. The van der Waals surface area contributed by atoms with E-state index in [1.807, 2.05) is 32.0 Å². The molecule has 2 aromatic carbocycles. The predicted octanol–water partition coefficient (Wildman–Crippen LogP) is 5.90. The number of halogens is 1. The van der Waals surface area contributed by atoms with Crippen LogP contribution in [0.2, 0.25) is 5.02 Å². The zero-order chi connectivity index (χ0) is 21.1. The van der Waals surface area contributed by atoms with Crippen molar-refractivity contribution in [1.82, 2.24) is 4.57 Å². The molecule has 0 saturated carbocycles. The fourth-order valence-corrected chi connectivity index (χ4v) is 4.26. The largest absolute Gasteiger partial charge is 0.497 e. The van der Waals surface area contributed by atoms with Crippen molar-refractivity contribution in [3.8, 4) is 5.75 Å². The van der Waals surface area contributed by atoms with Crippen LogP contribution >= 0.6 is 23.4 Å². The van der Waals surface area contributed by atoms with Gasteiger partial charge in [0.2, 0.25) is 0 Å². The summed E-state index contributed by atoms with van der Waals surface area (Å²) in [5.41, 5.74) is 2.94. The molecule has 0 saturated heterocycles. The maximum atomic E-state index is 13.3. The van der Waals surface area contributed by atoms with Crippen molar-refractivity contribution >= 4 is 45.3 Å². The monoisotopic (exact) mass is 429 g/mol. The smallest absolute Gasteiger partial charge is 0.262 e. The maximum absolute atomic E-state index is 13.3. The molecule has 0 aliphatic rings. The van der Waals surface area contributed by atoms with Crippen molar-refractivity contribution in [3.63, 3.8) is 0 Å². The first-order valence-electron chi connectivity index (χ1n) is 9.53. The van der Waals surface area contributed by atoms with Crippen LogP contribution in [0.4, 0.5) is 0 Å². The van der Waals surface area contributed by atoms with Gasteiger partial charge in [0.25, 0.3) is 5.91 Å². The molecule has 0 fully saturated rings. The number of rotatable bonds is 6. The topological polar surface area (TPSA) is 48.3 Å². The molecule has 1 aromatic heterocycles. The van der Waals surface area contributed by atoms with E-state index in [4.69, 9.17) is 16.3 Å². The van der Waals surface area contributed by atoms with Gasteiger partial charge in [0, 0.05) is 33.3 Å². The molecule has 0 aliphatic carbocycles. The number of methoxy groups -OCH3 is 1. The summed E-state index contributed by atoms with van der Waals surface area (Å²) in [5, 5.41) is 1.81. The highest BCUT2D eigenvalue weighted by Crippen LogP contribution is 2.32. The molecule has 3 aromatic rings. The predicted molar refractivity (Wildman–Crippen MR) is 120 cm³/mol. The van der Waals surface area contributed by atoms with Gasteiger partial charge in [-0.3, -0.25) is 14.2 Å².